The number of amides is 1. The Morgan fingerprint density at radius 1 is 1.32 bits per heavy atom. The van der Waals surface area contributed by atoms with Gasteiger partial charge in [-0.25, -0.2) is 4.98 Å². The van der Waals surface area contributed by atoms with Crippen LogP contribution in [0.3, 0.4) is 0 Å². The maximum atomic E-state index is 12.3. The van der Waals surface area contributed by atoms with E-state index in [1.54, 1.807) is 6.07 Å². The number of carbonyl (C=O) groups is 1. The number of carbonyl (C=O) groups excluding carboxylic acids is 1. The van der Waals surface area contributed by atoms with E-state index >= 15 is 0 Å². The van der Waals surface area contributed by atoms with Crippen molar-refractivity contribution in [2.45, 2.75) is 25.4 Å². The van der Waals surface area contributed by atoms with Gasteiger partial charge in [-0.15, -0.1) is 12.4 Å². The summed E-state index contributed by atoms with van der Waals surface area (Å²) < 4.78 is 1.89. The Bertz CT molecular complexity index is 819. The van der Waals surface area contributed by atoms with Crippen LogP contribution in [-0.2, 0) is 6.54 Å². The van der Waals surface area contributed by atoms with Gasteiger partial charge in [0.2, 0.25) is 0 Å². The number of fused-ring (bicyclic) bond motifs is 1. The zero-order valence-corrected chi connectivity index (χ0v) is 14.6. The van der Waals surface area contributed by atoms with Crippen molar-refractivity contribution in [3.8, 4) is 0 Å². The predicted molar refractivity (Wildman–Crippen MR) is 97.9 cm³/mol. The van der Waals surface area contributed by atoms with Gasteiger partial charge in [-0.2, -0.15) is 5.10 Å². The van der Waals surface area contributed by atoms with Gasteiger partial charge in [0.1, 0.15) is 11.5 Å². The molecule has 1 saturated heterocycles. The van der Waals surface area contributed by atoms with Gasteiger partial charge < -0.3 is 15.6 Å². The Morgan fingerprint density at radius 2 is 2.20 bits per heavy atom. The fourth-order valence-electron chi connectivity index (χ4n) is 3.07. The molecule has 0 aliphatic carbocycles. The monoisotopic (exact) mass is 360 g/mol. The molecule has 7 nitrogen and oxygen atoms in total. The van der Waals surface area contributed by atoms with E-state index in [9.17, 15) is 4.79 Å². The van der Waals surface area contributed by atoms with Gasteiger partial charge in [-0.1, -0.05) is 12.1 Å². The Balaban J connectivity index is 0.00000182. The van der Waals surface area contributed by atoms with Crippen LogP contribution in [0.25, 0.3) is 11.0 Å². The third-order valence-electron chi connectivity index (χ3n) is 4.34. The second-order valence-corrected chi connectivity index (χ2v) is 6.06. The topological polar surface area (TPSA) is 87.6 Å². The number of piperidine rings is 1. The molecule has 132 valence electrons. The molecule has 25 heavy (non-hydrogen) atoms. The van der Waals surface area contributed by atoms with Crippen LogP contribution >= 0.6 is 12.4 Å². The van der Waals surface area contributed by atoms with Crippen LogP contribution in [0.15, 0.2) is 36.5 Å². The largest absolute Gasteiger partial charge is 0.343 e. The fraction of sp³-hybridized carbons (Fsp3) is 0.353. The van der Waals surface area contributed by atoms with Crippen molar-refractivity contribution in [1.29, 1.82) is 0 Å². The first-order chi connectivity index (χ1) is 11.8. The third kappa shape index (κ3) is 3.83. The Labute approximate surface area is 151 Å². The van der Waals surface area contributed by atoms with Gasteiger partial charge in [-0.3, -0.25) is 9.48 Å². The van der Waals surface area contributed by atoms with Crippen molar-refractivity contribution >= 4 is 29.3 Å². The lowest BCUT2D eigenvalue weighted by molar-refractivity contribution is 0.0943. The van der Waals surface area contributed by atoms with Crippen molar-refractivity contribution in [2.75, 3.05) is 13.1 Å². The molecule has 3 N–H and O–H groups in total. The average molecular weight is 361 g/mol. The first kappa shape index (κ1) is 17.4. The Morgan fingerprint density at radius 3 is 3.00 bits per heavy atom. The lowest BCUT2D eigenvalue weighted by Gasteiger charge is -2.22. The summed E-state index contributed by atoms with van der Waals surface area (Å²) in [6, 6.07) is 9.90. The molecule has 0 saturated carbocycles. The van der Waals surface area contributed by atoms with E-state index in [1.165, 1.54) is 0 Å². The molecule has 1 aliphatic heterocycles. The van der Waals surface area contributed by atoms with Gasteiger partial charge in [0.05, 0.1) is 23.6 Å². The van der Waals surface area contributed by atoms with Crippen LogP contribution in [0.2, 0.25) is 0 Å². The molecule has 8 heteroatoms. The summed E-state index contributed by atoms with van der Waals surface area (Å²) in [4.78, 5) is 19.9. The van der Waals surface area contributed by atoms with Gasteiger partial charge in [-0.05, 0) is 37.6 Å². The number of hydrogen-bond donors (Lipinski definition) is 3. The fourth-order valence-corrected chi connectivity index (χ4v) is 3.07. The second-order valence-electron chi connectivity index (χ2n) is 6.06. The number of aromatic nitrogens is 4. The minimum absolute atomic E-state index is 0. The maximum Gasteiger partial charge on any atom is 0.272 e. The SMILES string of the molecule is Cl.O=C(NCc1nc2ccccc2[nH]1)c1ccn(C2CCCNC2)n1. The molecule has 1 atom stereocenters. The Hall–Kier alpha value is -2.38. The summed E-state index contributed by atoms with van der Waals surface area (Å²) in [6.07, 6.45) is 4.11. The number of halogens is 1. The van der Waals surface area contributed by atoms with E-state index in [-0.39, 0.29) is 18.3 Å². The number of H-pyrrole nitrogens is 1. The maximum absolute atomic E-state index is 12.3. The van der Waals surface area contributed by atoms with Crippen molar-refractivity contribution in [1.82, 2.24) is 30.4 Å². The molecule has 4 rings (SSSR count). The molecule has 0 spiro atoms. The van der Waals surface area contributed by atoms with E-state index in [2.05, 4.69) is 25.7 Å². The molecule has 1 amide bonds. The molecule has 2 aromatic heterocycles. The molecule has 1 fully saturated rings. The highest BCUT2D eigenvalue weighted by molar-refractivity contribution is 5.92. The lowest BCUT2D eigenvalue weighted by atomic mass is 10.1. The second kappa shape index (κ2) is 7.67. The minimum atomic E-state index is -0.182. The van der Waals surface area contributed by atoms with Crippen LogP contribution in [0.5, 0.6) is 0 Å². The number of nitrogens with zero attached hydrogens (tertiary/aromatic N) is 3. The lowest BCUT2D eigenvalue weighted by Crippen LogP contribution is -2.32. The van der Waals surface area contributed by atoms with Crippen LogP contribution in [-0.4, -0.2) is 38.7 Å². The highest BCUT2D eigenvalue weighted by atomic mass is 35.5. The summed E-state index contributed by atoms with van der Waals surface area (Å²) >= 11 is 0. The van der Waals surface area contributed by atoms with Crippen LogP contribution < -0.4 is 10.6 Å². The van der Waals surface area contributed by atoms with Gasteiger partial charge >= 0.3 is 0 Å². The van der Waals surface area contributed by atoms with Crippen molar-refractivity contribution in [3.63, 3.8) is 0 Å². The summed E-state index contributed by atoms with van der Waals surface area (Å²) in [7, 11) is 0. The molecule has 3 heterocycles. The van der Waals surface area contributed by atoms with Crippen LogP contribution in [0.4, 0.5) is 0 Å². The average Bonchev–Trinajstić information content (AvgIpc) is 3.27. The zero-order valence-electron chi connectivity index (χ0n) is 13.7. The van der Waals surface area contributed by atoms with Gasteiger partial charge in [0, 0.05) is 12.7 Å². The molecule has 0 bridgehead atoms. The van der Waals surface area contributed by atoms with Gasteiger partial charge in [0.15, 0.2) is 0 Å². The zero-order chi connectivity index (χ0) is 16.4. The third-order valence-corrected chi connectivity index (χ3v) is 4.34. The number of hydrogen-bond acceptors (Lipinski definition) is 4. The summed E-state index contributed by atoms with van der Waals surface area (Å²) in [6.45, 7) is 2.32. The summed E-state index contributed by atoms with van der Waals surface area (Å²) in [5.41, 5.74) is 2.31. The Kier molecular flexibility index (Phi) is 5.35. The van der Waals surface area contributed by atoms with Crippen molar-refractivity contribution in [2.24, 2.45) is 0 Å². The van der Waals surface area contributed by atoms with E-state index in [0.29, 0.717) is 18.3 Å². The first-order valence-electron chi connectivity index (χ1n) is 8.27. The van der Waals surface area contributed by atoms with Crippen molar-refractivity contribution in [3.05, 3.63) is 48.0 Å². The number of imidazole rings is 1. The van der Waals surface area contributed by atoms with Crippen molar-refractivity contribution < 1.29 is 4.79 Å². The van der Waals surface area contributed by atoms with Crippen LogP contribution in [0, 0.1) is 0 Å². The molecule has 3 aromatic rings. The summed E-state index contributed by atoms with van der Waals surface area (Å²) in [5, 5.41) is 10.6. The predicted octanol–water partition coefficient (Wildman–Crippen LogP) is 2.04. The molecule has 1 aliphatic rings. The smallest absolute Gasteiger partial charge is 0.272 e. The van der Waals surface area contributed by atoms with E-state index < -0.39 is 0 Å². The first-order valence-corrected chi connectivity index (χ1v) is 8.27. The van der Waals surface area contributed by atoms with E-state index in [4.69, 9.17) is 0 Å². The minimum Gasteiger partial charge on any atom is -0.343 e. The highest BCUT2D eigenvalue weighted by Crippen LogP contribution is 2.15. The van der Waals surface area contributed by atoms with E-state index in [0.717, 1.165) is 42.8 Å². The molecule has 0 radical (unpaired) electrons. The molecule has 1 aromatic carbocycles. The highest BCUT2D eigenvalue weighted by Gasteiger charge is 2.17. The molecular weight excluding hydrogens is 340 g/mol. The number of para-hydroxylation sites is 2. The normalized spacial score (nSPS) is 17.2. The quantitative estimate of drug-likeness (QED) is 0.664. The number of nitrogens with one attached hydrogen (secondary N) is 3. The van der Waals surface area contributed by atoms with Gasteiger partial charge in [0.25, 0.3) is 5.91 Å². The molecular formula is C17H21ClN6O. The number of rotatable bonds is 4. The standard InChI is InChI=1S/C17H20N6O.ClH/c24-17(15-7-9-23(22-15)12-4-3-8-18-10-12)19-11-16-20-13-5-1-2-6-14(13)21-16;/h1-2,5-7,9,12,18H,3-4,8,10-11H2,(H,19,24)(H,20,21);1H. The number of benzene rings is 1. The number of aromatic amines is 1. The summed E-state index contributed by atoms with van der Waals surface area (Å²) in [5.74, 6) is 0.554. The van der Waals surface area contributed by atoms with Crippen LogP contribution in [0.1, 0.15) is 35.2 Å². The van der Waals surface area contributed by atoms with E-state index in [1.807, 2.05) is 35.1 Å². The molecule has 1 unspecified atom stereocenters.